The van der Waals surface area contributed by atoms with Crippen molar-refractivity contribution >= 4 is 44.1 Å². The summed E-state index contributed by atoms with van der Waals surface area (Å²) in [6.07, 6.45) is 3.28. The van der Waals surface area contributed by atoms with E-state index in [-0.39, 0.29) is 39.5 Å². The van der Waals surface area contributed by atoms with Gasteiger partial charge in [0.2, 0.25) is 11.8 Å². The lowest BCUT2D eigenvalue weighted by atomic mass is 10.0. The summed E-state index contributed by atoms with van der Waals surface area (Å²) in [5.41, 5.74) is 1.11. The third-order valence-electron chi connectivity index (χ3n) is 6.33. The number of benzene rings is 2. The fraction of sp³-hybridized carbons (Fsp3) is 0.259. The standard InChI is InChI=1S/C27H27ClFN5O6S/c1-30-25(35)17(8-9-39-2)14-34-15-32-22-6-4-16(10-20(22)27(34)36)18-11-23(26(40-3)31-13-18)33-41(37,38)24-7-5-19(29)12-21(24)28/h4-7,10-13,15,17,33H,8-9,14H2,1-3H3,(H,30,35)/t17-/m1/s1. The molecule has 14 heteroatoms. The summed E-state index contributed by atoms with van der Waals surface area (Å²) in [7, 11) is 0.152. The molecule has 2 aromatic carbocycles. The molecular formula is C27H27ClFN5O6S. The number of carbonyl (C=O) groups excluding carboxylic acids is 1. The van der Waals surface area contributed by atoms with E-state index in [4.69, 9.17) is 21.1 Å². The number of carbonyl (C=O) groups is 1. The van der Waals surface area contributed by atoms with Crippen LogP contribution in [0.4, 0.5) is 10.1 Å². The Balaban J connectivity index is 1.71. The van der Waals surface area contributed by atoms with Gasteiger partial charge in [-0.2, -0.15) is 0 Å². The molecular weight excluding hydrogens is 577 g/mol. The molecule has 41 heavy (non-hydrogen) atoms. The van der Waals surface area contributed by atoms with Crippen LogP contribution in [-0.4, -0.2) is 56.7 Å². The third kappa shape index (κ3) is 6.64. The summed E-state index contributed by atoms with van der Waals surface area (Å²) in [5, 5.41) is 2.61. The fourth-order valence-corrected chi connectivity index (χ4v) is 5.79. The highest BCUT2D eigenvalue weighted by atomic mass is 35.5. The van der Waals surface area contributed by atoms with Crippen molar-refractivity contribution in [1.82, 2.24) is 19.9 Å². The van der Waals surface area contributed by atoms with Crippen LogP contribution in [0, 0.1) is 11.7 Å². The third-order valence-corrected chi connectivity index (χ3v) is 8.18. The van der Waals surface area contributed by atoms with Crippen LogP contribution in [0.5, 0.6) is 5.88 Å². The van der Waals surface area contributed by atoms with E-state index in [1.54, 1.807) is 18.2 Å². The summed E-state index contributed by atoms with van der Waals surface area (Å²) >= 11 is 5.97. The fourth-order valence-electron chi connectivity index (χ4n) is 4.21. The first kappa shape index (κ1) is 29.9. The summed E-state index contributed by atoms with van der Waals surface area (Å²) < 4.78 is 53.6. The number of rotatable bonds is 11. The molecule has 4 rings (SSSR count). The largest absolute Gasteiger partial charge is 0.480 e. The Hall–Kier alpha value is -4.07. The highest BCUT2D eigenvalue weighted by molar-refractivity contribution is 7.92. The zero-order valence-electron chi connectivity index (χ0n) is 22.4. The predicted molar refractivity (Wildman–Crippen MR) is 152 cm³/mol. The molecule has 0 bridgehead atoms. The van der Waals surface area contributed by atoms with Crippen LogP contribution >= 0.6 is 11.6 Å². The molecule has 216 valence electrons. The smallest absolute Gasteiger partial charge is 0.263 e. The normalized spacial score (nSPS) is 12.2. The van der Waals surface area contributed by atoms with Crippen molar-refractivity contribution in [2.24, 2.45) is 5.92 Å². The monoisotopic (exact) mass is 603 g/mol. The van der Waals surface area contributed by atoms with Gasteiger partial charge < -0.3 is 14.8 Å². The number of nitrogens with zero attached hydrogens (tertiary/aromatic N) is 3. The molecule has 4 aromatic rings. The minimum Gasteiger partial charge on any atom is -0.480 e. The molecule has 1 atom stereocenters. The summed E-state index contributed by atoms with van der Waals surface area (Å²) in [6.45, 7) is 0.457. The number of hydrogen-bond acceptors (Lipinski definition) is 8. The van der Waals surface area contributed by atoms with E-state index in [0.29, 0.717) is 35.1 Å². The van der Waals surface area contributed by atoms with Crippen LogP contribution in [0.3, 0.4) is 0 Å². The van der Waals surface area contributed by atoms with Crippen molar-refractivity contribution in [1.29, 1.82) is 0 Å². The molecule has 0 spiro atoms. The summed E-state index contributed by atoms with van der Waals surface area (Å²) in [5.74, 6) is -1.42. The lowest BCUT2D eigenvalue weighted by Gasteiger charge is -2.17. The number of anilines is 1. The molecule has 11 nitrogen and oxygen atoms in total. The van der Waals surface area contributed by atoms with Gasteiger partial charge in [0.05, 0.1) is 35.3 Å². The van der Waals surface area contributed by atoms with Crippen molar-refractivity contribution in [3.8, 4) is 17.0 Å². The first-order valence-electron chi connectivity index (χ1n) is 12.3. The van der Waals surface area contributed by atoms with Gasteiger partial charge in [-0.25, -0.2) is 22.8 Å². The zero-order chi connectivity index (χ0) is 29.7. The highest BCUT2D eigenvalue weighted by Gasteiger charge is 2.22. The van der Waals surface area contributed by atoms with Crippen LogP contribution in [-0.2, 0) is 26.1 Å². The molecule has 0 aliphatic rings. The first-order chi connectivity index (χ1) is 19.6. The lowest BCUT2D eigenvalue weighted by molar-refractivity contribution is -0.125. The molecule has 0 saturated carbocycles. The molecule has 2 aromatic heterocycles. The van der Waals surface area contributed by atoms with E-state index in [9.17, 15) is 22.4 Å². The molecule has 2 heterocycles. The average Bonchev–Trinajstić information content (AvgIpc) is 2.95. The Bertz CT molecular complexity index is 1770. The number of hydrogen-bond donors (Lipinski definition) is 2. The number of amides is 1. The number of aromatic nitrogens is 3. The molecule has 0 aliphatic heterocycles. The molecule has 0 saturated heterocycles. The van der Waals surface area contributed by atoms with Gasteiger partial charge in [0.15, 0.2) is 0 Å². The predicted octanol–water partition coefficient (Wildman–Crippen LogP) is 3.46. The Morgan fingerprint density at radius 2 is 1.90 bits per heavy atom. The Kier molecular flexibility index (Phi) is 9.21. The maximum absolute atomic E-state index is 13.5. The van der Waals surface area contributed by atoms with E-state index in [1.807, 2.05) is 0 Å². The van der Waals surface area contributed by atoms with Gasteiger partial charge >= 0.3 is 0 Å². The minimum absolute atomic E-state index is 0.000601. The molecule has 0 unspecified atom stereocenters. The van der Waals surface area contributed by atoms with Gasteiger partial charge in [0.25, 0.3) is 15.6 Å². The summed E-state index contributed by atoms with van der Waals surface area (Å²) in [4.78, 5) is 34.0. The van der Waals surface area contributed by atoms with Gasteiger partial charge in [-0.1, -0.05) is 17.7 Å². The van der Waals surface area contributed by atoms with Gasteiger partial charge in [-0.3, -0.25) is 18.9 Å². The van der Waals surface area contributed by atoms with Gasteiger partial charge in [0.1, 0.15) is 16.4 Å². The number of fused-ring (bicyclic) bond motifs is 1. The van der Waals surface area contributed by atoms with Gasteiger partial charge in [0, 0.05) is 39.1 Å². The second-order valence-electron chi connectivity index (χ2n) is 8.99. The summed E-state index contributed by atoms with van der Waals surface area (Å²) in [6, 6.07) is 9.40. The van der Waals surface area contributed by atoms with E-state index in [1.165, 1.54) is 44.4 Å². The van der Waals surface area contributed by atoms with Crippen LogP contribution in [0.25, 0.3) is 22.0 Å². The van der Waals surface area contributed by atoms with E-state index >= 15 is 0 Å². The molecule has 1 amide bonds. The molecule has 0 fully saturated rings. The number of ether oxygens (including phenoxy) is 2. The number of sulfonamides is 1. The van der Waals surface area contributed by atoms with Crippen LogP contribution in [0.2, 0.25) is 5.02 Å². The van der Waals surface area contributed by atoms with Crippen molar-refractivity contribution in [3.05, 3.63) is 76.2 Å². The van der Waals surface area contributed by atoms with Crippen molar-refractivity contribution < 1.29 is 27.1 Å². The van der Waals surface area contributed by atoms with Gasteiger partial charge in [-0.15, -0.1) is 0 Å². The number of methoxy groups -OCH3 is 2. The second kappa shape index (κ2) is 12.6. The van der Waals surface area contributed by atoms with Crippen LogP contribution in [0.15, 0.2) is 64.7 Å². The number of nitrogens with one attached hydrogen (secondary N) is 2. The highest BCUT2D eigenvalue weighted by Crippen LogP contribution is 2.32. The minimum atomic E-state index is -4.24. The first-order valence-corrected chi connectivity index (χ1v) is 14.2. The average molecular weight is 604 g/mol. The van der Waals surface area contributed by atoms with E-state index in [2.05, 4.69) is 20.0 Å². The Labute approximate surface area is 240 Å². The van der Waals surface area contributed by atoms with Crippen molar-refractivity contribution in [2.45, 2.75) is 17.9 Å². The number of pyridine rings is 1. The second-order valence-corrected chi connectivity index (χ2v) is 11.0. The quantitative estimate of drug-likeness (QED) is 0.265. The lowest BCUT2D eigenvalue weighted by Crippen LogP contribution is -2.34. The maximum atomic E-state index is 13.5. The van der Waals surface area contributed by atoms with Crippen molar-refractivity contribution in [2.75, 3.05) is 32.6 Å². The topological polar surface area (TPSA) is 142 Å². The van der Waals surface area contributed by atoms with Gasteiger partial charge in [-0.05, 0) is 48.4 Å². The Morgan fingerprint density at radius 3 is 2.59 bits per heavy atom. The molecule has 2 N–H and O–H groups in total. The van der Waals surface area contributed by atoms with Crippen LogP contribution in [0.1, 0.15) is 6.42 Å². The zero-order valence-corrected chi connectivity index (χ0v) is 23.9. The van der Waals surface area contributed by atoms with Crippen LogP contribution < -0.4 is 20.3 Å². The number of halogens is 2. The SMILES string of the molecule is CNC(=O)[C@H](CCOC)Cn1cnc2ccc(-c3cnc(OC)c(NS(=O)(=O)c4ccc(F)cc4Cl)c3)cc2c1=O. The Morgan fingerprint density at radius 1 is 1.12 bits per heavy atom. The van der Waals surface area contributed by atoms with Crippen molar-refractivity contribution in [3.63, 3.8) is 0 Å². The molecule has 0 aliphatic carbocycles. The maximum Gasteiger partial charge on any atom is 0.263 e. The molecule has 0 radical (unpaired) electrons. The van der Waals surface area contributed by atoms with E-state index in [0.717, 1.165) is 18.2 Å². The van der Waals surface area contributed by atoms with E-state index < -0.39 is 21.8 Å².